The van der Waals surface area contributed by atoms with Gasteiger partial charge in [-0.05, 0) is 32.4 Å². The maximum Gasteiger partial charge on any atom is 0.350 e. The van der Waals surface area contributed by atoms with E-state index in [1.165, 1.54) is 17.5 Å². The van der Waals surface area contributed by atoms with Crippen LogP contribution in [-0.4, -0.2) is 22.6 Å². The predicted molar refractivity (Wildman–Crippen MR) is 99.9 cm³/mol. The third kappa shape index (κ3) is 4.94. The van der Waals surface area contributed by atoms with Gasteiger partial charge in [0.15, 0.2) is 5.57 Å². The summed E-state index contributed by atoms with van der Waals surface area (Å²) in [6.45, 7) is 5.09. The molecule has 0 saturated heterocycles. The molecule has 0 unspecified atom stereocenters. The van der Waals surface area contributed by atoms with Crippen LogP contribution >= 0.6 is 11.3 Å². The number of nitrogens with one attached hydrogen (secondary N) is 1. The number of nitriles is 1. The molecule has 6 nitrogen and oxygen atoms in total. The van der Waals surface area contributed by atoms with Crippen molar-refractivity contribution >= 4 is 28.3 Å². The topological polar surface area (TPSA) is 99.4 Å². The molecule has 0 aliphatic rings. The van der Waals surface area contributed by atoms with E-state index in [4.69, 9.17) is 10.00 Å². The van der Waals surface area contributed by atoms with Gasteiger partial charge in [-0.2, -0.15) is 5.26 Å². The Kier molecular flexibility index (Phi) is 5.80. The largest absolute Gasteiger partial charge is 0.478 e. The Morgan fingerprint density at radius 3 is 2.46 bits per heavy atom. The highest BCUT2D eigenvalue weighted by Gasteiger charge is 2.21. The lowest BCUT2D eigenvalue weighted by Gasteiger charge is -2.18. The second kappa shape index (κ2) is 7.85. The van der Waals surface area contributed by atoms with Gasteiger partial charge in [0.05, 0.1) is 5.56 Å². The zero-order chi connectivity index (χ0) is 19.3. The number of rotatable bonds is 5. The first kappa shape index (κ1) is 19.2. The van der Waals surface area contributed by atoms with Crippen LogP contribution in [0.3, 0.4) is 0 Å². The van der Waals surface area contributed by atoms with Crippen LogP contribution in [0.5, 0.6) is 0 Å². The Morgan fingerprint density at radius 1 is 1.27 bits per heavy atom. The molecule has 0 saturated carbocycles. The standard InChI is InChI=1S/C19H18N2O4S/c1-19(2,3)25-18(24)13(10-20)11-21-16-14(17(22)23)9-15(26-16)12-7-5-4-6-8-12/h4-9,11,21H,1-3H3,(H,22,23)/b13-11+. The second-order valence-corrected chi connectivity index (χ2v) is 7.39. The van der Waals surface area contributed by atoms with E-state index in [-0.39, 0.29) is 11.1 Å². The van der Waals surface area contributed by atoms with Crippen LogP contribution in [0.1, 0.15) is 31.1 Å². The number of anilines is 1. The summed E-state index contributed by atoms with van der Waals surface area (Å²) < 4.78 is 5.15. The fourth-order valence-corrected chi connectivity index (χ4v) is 3.03. The minimum absolute atomic E-state index is 0.0616. The van der Waals surface area contributed by atoms with E-state index in [0.717, 1.165) is 10.4 Å². The van der Waals surface area contributed by atoms with Gasteiger partial charge >= 0.3 is 11.9 Å². The summed E-state index contributed by atoms with van der Waals surface area (Å²) in [7, 11) is 0. The zero-order valence-electron chi connectivity index (χ0n) is 14.6. The number of hydrogen-bond donors (Lipinski definition) is 2. The Balaban J connectivity index is 2.30. The fourth-order valence-electron chi connectivity index (χ4n) is 2.01. The minimum atomic E-state index is -1.10. The van der Waals surface area contributed by atoms with Gasteiger partial charge in [0, 0.05) is 11.1 Å². The Labute approximate surface area is 155 Å². The fraction of sp³-hybridized carbons (Fsp3) is 0.211. The molecule has 0 fully saturated rings. The van der Waals surface area contributed by atoms with Crippen molar-refractivity contribution in [1.29, 1.82) is 5.26 Å². The summed E-state index contributed by atoms with van der Waals surface area (Å²) in [5, 5.41) is 21.6. The Morgan fingerprint density at radius 2 is 1.92 bits per heavy atom. The van der Waals surface area contributed by atoms with Gasteiger partial charge in [0.2, 0.25) is 0 Å². The molecule has 2 rings (SSSR count). The van der Waals surface area contributed by atoms with Gasteiger partial charge in [0.1, 0.15) is 16.7 Å². The molecule has 0 atom stereocenters. The molecule has 0 amide bonds. The van der Waals surface area contributed by atoms with Gasteiger partial charge in [-0.25, -0.2) is 9.59 Å². The first-order valence-corrected chi connectivity index (χ1v) is 8.55. The van der Waals surface area contributed by atoms with Crippen LogP contribution in [-0.2, 0) is 9.53 Å². The highest BCUT2D eigenvalue weighted by Crippen LogP contribution is 2.35. The molecule has 0 bridgehead atoms. The Hall–Kier alpha value is -3.11. The second-order valence-electron chi connectivity index (χ2n) is 6.34. The third-order valence-electron chi connectivity index (χ3n) is 3.11. The molecule has 0 aliphatic heterocycles. The first-order chi connectivity index (χ1) is 12.2. The maximum atomic E-state index is 12.0. The number of esters is 1. The number of carbonyl (C=O) groups is 2. The van der Waals surface area contributed by atoms with E-state index in [0.29, 0.717) is 5.00 Å². The summed E-state index contributed by atoms with van der Waals surface area (Å²) >= 11 is 1.22. The average molecular weight is 370 g/mol. The molecule has 0 aliphatic carbocycles. The van der Waals surface area contributed by atoms with Crippen LogP contribution < -0.4 is 5.32 Å². The van der Waals surface area contributed by atoms with Crippen molar-refractivity contribution in [3.05, 3.63) is 53.7 Å². The van der Waals surface area contributed by atoms with Crippen molar-refractivity contribution in [1.82, 2.24) is 0 Å². The van der Waals surface area contributed by atoms with Crippen molar-refractivity contribution < 1.29 is 19.4 Å². The summed E-state index contributed by atoms with van der Waals surface area (Å²) in [6, 6.07) is 12.7. The van der Waals surface area contributed by atoms with E-state index in [1.54, 1.807) is 32.9 Å². The number of ether oxygens (including phenoxy) is 1. The monoisotopic (exact) mass is 370 g/mol. The van der Waals surface area contributed by atoms with Crippen molar-refractivity contribution in [3.63, 3.8) is 0 Å². The predicted octanol–water partition coefficient (Wildman–Crippen LogP) is 4.27. The van der Waals surface area contributed by atoms with Crippen LogP contribution in [0.2, 0.25) is 0 Å². The summed E-state index contributed by atoms with van der Waals surface area (Å²) in [5.41, 5.74) is -0.0370. The first-order valence-electron chi connectivity index (χ1n) is 7.74. The van der Waals surface area contributed by atoms with Crippen molar-refractivity contribution in [2.75, 3.05) is 5.32 Å². The van der Waals surface area contributed by atoms with E-state index in [1.807, 2.05) is 30.3 Å². The van der Waals surface area contributed by atoms with E-state index < -0.39 is 17.5 Å². The number of nitrogens with zero attached hydrogens (tertiary/aromatic N) is 1. The SMILES string of the molecule is CC(C)(C)OC(=O)/C(C#N)=C/Nc1sc(-c2ccccc2)cc1C(=O)O. The highest BCUT2D eigenvalue weighted by molar-refractivity contribution is 7.19. The number of hydrogen-bond acceptors (Lipinski definition) is 6. The molecule has 0 spiro atoms. The number of carbonyl (C=O) groups excluding carboxylic acids is 1. The van der Waals surface area contributed by atoms with Crippen LogP contribution in [0.25, 0.3) is 10.4 Å². The van der Waals surface area contributed by atoms with Crippen LogP contribution in [0.15, 0.2) is 48.2 Å². The molecular weight excluding hydrogens is 352 g/mol. The molecule has 1 aromatic heterocycles. The van der Waals surface area contributed by atoms with Gasteiger partial charge in [0.25, 0.3) is 0 Å². The number of carboxylic acids is 1. The van der Waals surface area contributed by atoms with Crippen molar-refractivity contribution in [2.24, 2.45) is 0 Å². The van der Waals surface area contributed by atoms with Crippen LogP contribution in [0.4, 0.5) is 5.00 Å². The molecule has 134 valence electrons. The lowest BCUT2D eigenvalue weighted by atomic mass is 10.1. The molecule has 1 aromatic carbocycles. The third-order valence-corrected chi connectivity index (χ3v) is 4.22. The molecule has 7 heteroatoms. The van der Waals surface area contributed by atoms with Crippen molar-refractivity contribution in [2.45, 2.75) is 26.4 Å². The smallest absolute Gasteiger partial charge is 0.350 e. The minimum Gasteiger partial charge on any atom is -0.478 e. The number of thiophene rings is 1. The lowest BCUT2D eigenvalue weighted by molar-refractivity contribution is -0.149. The average Bonchev–Trinajstić information content (AvgIpc) is 2.99. The van der Waals surface area contributed by atoms with Gasteiger partial charge in [-0.1, -0.05) is 30.3 Å². The molecule has 2 N–H and O–H groups in total. The Bertz CT molecular complexity index is 886. The van der Waals surface area contributed by atoms with Gasteiger partial charge in [-0.3, -0.25) is 0 Å². The number of benzene rings is 1. The normalized spacial score (nSPS) is 11.5. The molecule has 0 radical (unpaired) electrons. The lowest BCUT2D eigenvalue weighted by Crippen LogP contribution is -2.24. The van der Waals surface area contributed by atoms with Crippen molar-refractivity contribution in [3.8, 4) is 16.5 Å². The summed E-state index contributed by atoms with van der Waals surface area (Å²) in [4.78, 5) is 24.2. The van der Waals surface area contributed by atoms with Gasteiger partial charge in [-0.15, -0.1) is 11.3 Å². The maximum absolute atomic E-state index is 12.0. The molecular formula is C19H18N2O4S. The quantitative estimate of drug-likeness (QED) is 0.463. The van der Waals surface area contributed by atoms with Crippen LogP contribution in [0, 0.1) is 11.3 Å². The van der Waals surface area contributed by atoms with E-state index in [9.17, 15) is 14.7 Å². The summed E-state index contributed by atoms with van der Waals surface area (Å²) in [6.07, 6.45) is 1.17. The van der Waals surface area contributed by atoms with E-state index in [2.05, 4.69) is 5.32 Å². The molecule has 1 heterocycles. The number of carboxylic acid groups (broad SMARTS) is 1. The molecule has 2 aromatic rings. The zero-order valence-corrected chi connectivity index (χ0v) is 15.4. The highest BCUT2D eigenvalue weighted by atomic mass is 32.1. The summed E-state index contributed by atoms with van der Waals surface area (Å²) in [5.74, 6) is -1.88. The van der Waals surface area contributed by atoms with E-state index >= 15 is 0 Å². The number of aromatic carboxylic acids is 1. The van der Waals surface area contributed by atoms with Gasteiger partial charge < -0.3 is 15.2 Å². The molecule has 26 heavy (non-hydrogen) atoms.